The second-order valence-electron chi connectivity index (χ2n) is 6.69. The molecule has 0 spiro atoms. The molecule has 2 aromatic carbocycles. The number of aryl methyl sites for hydroxylation is 2. The zero-order chi connectivity index (χ0) is 20.0. The lowest BCUT2D eigenvalue weighted by Gasteiger charge is -2.25. The fraction of sp³-hybridized carbons (Fsp3) is 0.381. The number of rotatable bonds is 8. The van der Waals surface area contributed by atoms with E-state index in [2.05, 4.69) is 5.32 Å². The second kappa shape index (κ2) is 9.04. The van der Waals surface area contributed by atoms with Crippen LogP contribution in [0, 0.1) is 6.92 Å². The monoisotopic (exact) mass is 388 g/mol. The molecule has 0 radical (unpaired) electrons. The fourth-order valence-electron chi connectivity index (χ4n) is 3.02. The van der Waals surface area contributed by atoms with E-state index in [1.165, 1.54) is 4.31 Å². The Bertz CT molecular complexity index is 877. The Kier molecular flexibility index (Phi) is 7.02. The molecule has 0 unspecified atom stereocenters. The van der Waals surface area contributed by atoms with Crippen LogP contribution in [0.1, 0.15) is 43.0 Å². The first-order valence-electron chi connectivity index (χ1n) is 9.17. The van der Waals surface area contributed by atoms with Crippen LogP contribution >= 0.6 is 0 Å². The lowest BCUT2D eigenvalue weighted by molar-refractivity contribution is -0.120. The van der Waals surface area contributed by atoms with E-state index < -0.39 is 10.0 Å². The van der Waals surface area contributed by atoms with Gasteiger partial charge in [-0.15, -0.1) is 0 Å². The number of sulfonamides is 1. The lowest BCUT2D eigenvalue weighted by atomic mass is 10.0. The number of para-hydroxylation sites is 1. The van der Waals surface area contributed by atoms with Gasteiger partial charge in [-0.2, -0.15) is 0 Å². The number of benzene rings is 2. The molecule has 5 nitrogen and oxygen atoms in total. The van der Waals surface area contributed by atoms with Gasteiger partial charge in [0.15, 0.2) is 0 Å². The Morgan fingerprint density at radius 1 is 1.07 bits per heavy atom. The average Bonchev–Trinajstić information content (AvgIpc) is 2.64. The Morgan fingerprint density at radius 2 is 1.70 bits per heavy atom. The van der Waals surface area contributed by atoms with E-state index in [1.54, 1.807) is 12.1 Å². The van der Waals surface area contributed by atoms with Crippen LogP contribution in [0.15, 0.2) is 48.5 Å². The Hall–Kier alpha value is -2.34. The van der Waals surface area contributed by atoms with Crippen molar-refractivity contribution in [1.82, 2.24) is 5.32 Å². The number of hydrogen-bond acceptors (Lipinski definition) is 3. The van der Waals surface area contributed by atoms with Crippen molar-refractivity contribution in [2.24, 2.45) is 0 Å². The summed E-state index contributed by atoms with van der Waals surface area (Å²) in [6.07, 6.45) is 2.54. The topological polar surface area (TPSA) is 66.5 Å². The molecule has 0 bridgehead atoms. The van der Waals surface area contributed by atoms with E-state index in [0.29, 0.717) is 12.1 Å². The number of carbonyl (C=O) groups is 1. The van der Waals surface area contributed by atoms with Crippen LogP contribution in [0.4, 0.5) is 5.69 Å². The molecule has 0 heterocycles. The van der Waals surface area contributed by atoms with Crippen LogP contribution < -0.4 is 9.62 Å². The molecule has 1 atom stereocenters. The normalized spacial score (nSPS) is 12.4. The summed E-state index contributed by atoms with van der Waals surface area (Å²) in [5.41, 5.74) is 3.61. The molecule has 0 fully saturated rings. The maximum absolute atomic E-state index is 12.7. The molecule has 2 rings (SSSR count). The first kappa shape index (κ1) is 21.0. The van der Waals surface area contributed by atoms with Crippen molar-refractivity contribution in [3.05, 3.63) is 65.2 Å². The van der Waals surface area contributed by atoms with E-state index >= 15 is 0 Å². The Labute approximate surface area is 162 Å². The van der Waals surface area contributed by atoms with Crippen molar-refractivity contribution in [3.8, 4) is 0 Å². The number of nitrogens with zero attached hydrogens (tertiary/aromatic N) is 1. The maximum Gasteiger partial charge on any atom is 0.241 e. The summed E-state index contributed by atoms with van der Waals surface area (Å²) in [7, 11) is -3.59. The first-order valence-corrected chi connectivity index (χ1v) is 11.0. The summed E-state index contributed by atoms with van der Waals surface area (Å²) in [5.74, 6) is -0.321. The SMILES string of the molecule is CCc1ccccc1N(CC(=O)N[C@H](CC)c1ccc(C)cc1)S(C)(=O)=O. The van der Waals surface area contributed by atoms with Crippen molar-refractivity contribution in [2.45, 2.75) is 39.7 Å². The number of hydrogen-bond donors (Lipinski definition) is 1. The van der Waals surface area contributed by atoms with Gasteiger partial charge in [-0.3, -0.25) is 9.10 Å². The van der Waals surface area contributed by atoms with E-state index in [9.17, 15) is 13.2 Å². The summed E-state index contributed by atoms with van der Waals surface area (Å²) in [5, 5.41) is 2.97. The molecule has 146 valence electrons. The number of carbonyl (C=O) groups excluding carboxylic acids is 1. The highest BCUT2D eigenvalue weighted by molar-refractivity contribution is 7.92. The molecule has 27 heavy (non-hydrogen) atoms. The number of nitrogens with one attached hydrogen (secondary N) is 1. The average molecular weight is 389 g/mol. The minimum Gasteiger partial charge on any atom is -0.348 e. The molecular formula is C21H28N2O3S. The predicted octanol–water partition coefficient (Wildman–Crippen LogP) is 3.59. The third-order valence-electron chi connectivity index (χ3n) is 4.55. The van der Waals surface area contributed by atoms with Gasteiger partial charge in [0.25, 0.3) is 0 Å². The molecule has 1 amide bonds. The first-order chi connectivity index (χ1) is 12.8. The number of anilines is 1. The zero-order valence-corrected chi connectivity index (χ0v) is 17.2. The molecule has 1 N–H and O–H groups in total. The molecule has 6 heteroatoms. The van der Waals surface area contributed by atoms with E-state index in [1.807, 2.05) is 57.2 Å². The highest BCUT2D eigenvalue weighted by atomic mass is 32.2. The van der Waals surface area contributed by atoms with Gasteiger partial charge >= 0.3 is 0 Å². The van der Waals surface area contributed by atoms with Crippen molar-refractivity contribution in [1.29, 1.82) is 0 Å². The highest BCUT2D eigenvalue weighted by Gasteiger charge is 2.24. The maximum atomic E-state index is 12.7. The van der Waals surface area contributed by atoms with Gasteiger partial charge in [0.1, 0.15) is 6.54 Å². The zero-order valence-electron chi connectivity index (χ0n) is 16.4. The third-order valence-corrected chi connectivity index (χ3v) is 5.68. The van der Waals surface area contributed by atoms with E-state index in [4.69, 9.17) is 0 Å². The number of amides is 1. The van der Waals surface area contributed by atoms with Gasteiger partial charge in [0.2, 0.25) is 15.9 Å². The molecule has 0 aliphatic carbocycles. The van der Waals surface area contributed by atoms with Crippen LogP contribution in [0.2, 0.25) is 0 Å². The largest absolute Gasteiger partial charge is 0.348 e. The van der Waals surface area contributed by atoms with Gasteiger partial charge in [0.05, 0.1) is 18.0 Å². The summed E-state index contributed by atoms with van der Waals surface area (Å²) in [4.78, 5) is 12.7. The van der Waals surface area contributed by atoms with E-state index in [-0.39, 0.29) is 18.5 Å². The Morgan fingerprint density at radius 3 is 2.26 bits per heavy atom. The standard InChI is InChI=1S/C21H28N2O3S/c1-5-17-9-7-8-10-20(17)23(27(4,25)26)15-21(24)22-19(6-2)18-13-11-16(3)12-14-18/h7-14,19H,5-6,15H2,1-4H3,(H,22,24)/t19-/m1/s1. The van der Waals surface area contributed by atoms with Crippen LogP contribution in [-0.4, -0.2) is 27.1 Å². The quantitative estimate of drug-likeness (QED) is 0.751. The summed E-state index contributed by atoms with van der Waals surface area (Å²) in [6.45, 7) is 5.73. The Balaban J connectivity index is 2.22. The minimum absolute atomic E-state index is 0.152. The molecule has 0 saturated heterocycles. The highest BCUT2D eigenvalue weighted by Crippen LogP contribution is 2.23. The van der Waals surface area contributed by atoms with Gasteiger partial charge in [-0.1, -0.05) is 61.9 Å². The van der Waals surface area contributed by atoms with Gasteiger partial charge in [-0.05, 0) is 37.0 Å². The van der Waals surface area contributed by atoms with Crippen LogP contribution in [0.5, 0.6) is 0 Å². The predicted molar refractivity (Wildman–Crippen MR) is 110 cm³/mol. The van der Waals surface area contributed by atoms with Crippen molar-refractivity contribution < 1.29 is 13.2 Å². The molecule has 2 aromatic rings. The smallest absolute Gasteiger partial charge is 0.241 e. The van der Waals surface area contributed by atoms with Gasteiger partial charge in [-0.25, -0.2) is 8.42 Å². The van der Waals surface area contributed by atoms with Crippen molar-refractivity contribution in [3.63, 3.8) is 0 Å². The summed E-state index contributed by atoms with van der Waals surface area (Å²) in [6, 6.07) is 15.1. The molecule has 0 saturated carbocycles. The van der Waals surface area contributed by atoms with Crippen LogP contribution in [0.25, 0.3) is 0 Å². The summed E-state index contributed by atoms with van der Waals surface area (Å²) >= 11 is 0. The molecule has 0 aromatic heterocycles. The second-order valence-corrected chi connectivity index (χ2v) is 8.60. The molecule has 0 aliphatic heterocycles. The van der Waals surface area contributed by atoms with Gasteiger partial charge in [0, 0.05) is 0 Å². The van der Waals surface area contributed by atoms with Crippen molar-refractivity contribution >= 4 is 21.6 Å². The third kappa shape index (κ3) is 5.57. The van der Waals surface area contributed by atoms with Crippen LogP contribution in [-0.2, 0) is 21.2 Å². The fourth-order valence-corrected chi connectivity index (χ4v) is 3.91. The summed E-state index contributed by atoms with van der Waals surface area (Å²) < 4.78 is 25.9. The van der Waals surface area contributed by atoms with E-state index in [0.717, 1.165) is 29.4 Å². The van der Waals surface area contributed by atoms with Crippen molar-refractivity contribution in [2.75, 3.05) is 17.1 Å². The molecular weight excluding hydrogens is 360 g/mol. The van der Waals surface area contributed by atoms with Crippen LogP contribution in [0.3, 0.4) is 0 Å². The molecule has 0 aliphatic rings. The van der Waals surface area contributed by atoms with Gasteiger partial charge < -0.3 is 5.32 Å². The lowest BCUT2D eigenvalue weighted by Crippen LogP contribution is -2.41. The minimum atomic E-state index is -3.59.